The number of amides is 1. The van der Waals surface area contributed by atoms with Crippen molar-refractivity contribution in [1.82, 2.24) is 4.98 Å². The number of nitrogens with zero attached hydrogens (tertiary/aromatic N) is 1. The van der Waals surface area contributed by atoms with Crippen LogP contribution in [0.2, 0.25) is 0 Å². The van der Waals surface area contributed by atoms with Gasteiger partial charge in [0.05, 0.1) is 10.8 Å². The van der Waals surface area contributed by atoms with Gasteiger partial charge in [0.2, 0.25) is 5.91 Å². The van der Waals surface area contributed by atoms with Gasteiger partial charge in [-0.2, -0.15) is 0 Å². The zero-order valence-electron chi connectivity index (χ0n) is 9.58. The standard InChI is InChI=1S/C13H12N2O2S/c14-13(16)9-18(17)12-4-2-1-3-11(12)10-5-7-15-8-6-10/h1-8H,9H2,(H2,14,16). The van der Waals surface area contributed by atoms with E-state index in [0.29, 0.717) is 4.90 Å². The summed E-state index contributed by atoms with van der Waals surface area (Å²) in [4.78, 5) is 15.4. The average Bonchev–Trinajstić information content (AvgIpc) is 2.39. The van der Waals surface area contributed by atoms with Crippen LogP contribution in [0.3, 0.4) is 0 Å². The van der Waals surface area contributed by atoms with Gasteiger partial charge in [-0.3, -0.25) is 14.0 Å². The number of nitrogens with two attached hydrogens (primary N) is 1. The van der Waals surface area contributed by atoms with Crippen molar-refractivity contribution in [3.8, 4) is 11.1 Å². The minimum absolute atomic E-state index is 0.165. The van der Waals surface area contributed by atoms with E-state index in [4.69, 9.17) is 5.73 Å². The highest BCUT2D eigenvalue weighted by molar-refractivity contribution is 7.86. The highest BCUT2D eigenvalue weighted by atomic mass is 32.2. The molecule has 0 fully saturated rings. The summed E-state index contributed by atoms with van der Waals surface area (Å²) in [6.45, 7) is 0. The lowest BCUT2D eigenvalue weighted by Crippen LogP contribution is -2.19. The van der Waals surface area contributed by atoms with Gasteiger partial charge in [-0.25, -0.2) is 0 Å². The molecule has 0 saturated heterocycles. The normalized spacial score (nSPS) is 12.0. The molecule has 5 heteroatoms. The fourth-order valence-corrected chi connectivity index (χ4v) is 2.72. The number of carbonyl (C=O) groups excluding carboxylic acids is 1. The Bertz CT molecular complexity index is 585. The van der Waals surface area contributed by atoms with Crippen LogP contribution in [0, 0.1) is 0 Å². The molecule has 1 heterocycles. The van der Waals surface area contributed by atoms with Crippen molar-refractivity contribution in [3.05, 3.63) is 48.8 Å². The molecule has 0 aliphatic carbocycles. The SMILES string of the molecule is NC(=O)CS(=O)c1ccccc1-c1ccncc1. The Morgan fingerprint density at radius 2 is 1.83 bits per heavy atom. The van der Waals surface area contributed by atoms with Gasteiger partial charge in [0.25, 0.3) is 0 Å². The van der Waals surface area contributed by atoms with E-state index >= 15 is 0 Å². The van der Waals surface area contributed by atoms with Gasteiger partial charge in [-0.05, 0) is 29.3 Å². The predicted octanol–water partition coefficient (Wildman–Crippen LogP) is 1.34. The molecule has 0 aliphatic heterocycles. The monoisotopic (exact) mass is 260 g/mol. The number of benzene rings is 1. The molecule has 1 aromatic heterocycles. The third kappa shape index (κ3) is 2.81. The van der Waals surface area contributed by atoms with Gasteiger partial charge >= 0.3 is 0 Å². The van der Waals surface area contributed by atoms with Gasteiger partial charge in [0.15, 0.2) is 0 Å². The van der Waals surface area contributed by atoms with Crippen LogP contribution in [0.5, 0.6) is 0 Å². The zero-order chi connectivity index (χ0) is 13.0. The lowest BCUT2D eigenvalue weighted by atomic mass is 10.1. The van der Waals surface area contributed by atoms with Crippen molar-refractivity contribution in [3.63, 3.8) is 0 Å². The second-order valence-corrected chi connectivity index (χ2v) is 5.11. The van der Waals surface area contributed by atoms with Gasteiger partial charge in [-0.15, -0.1) is 0 Å². The molecule has 0 saturated carbocycles. The quantitative estimate of drug-likeness (QED) is 0.901. The molecule has 0 spiro atoms. The molecule has 92 valence electrons. The van der Waals surface area contributed by atoms with E-state index in [-0.39, 0.29) is 5.75 Å². The summed E-state index contributed by atoms with van der Waals surface area (Å²) in [5.74, 6) is -0.736. The van der Waals surface area contributed by atoms with Gasteiger partial charge in [-0.1, -0.05) is 18.2 Å². The van der Waals surface area contributed by atoms with Crippen LogP contribution in [0.15, 0.2) is 53.7 Å². The first-order valence-corrected chi connectivity index (χ1v) is 6.66. The summed E-state index contributed by atoms with van der Waals surface area (Å²) in [5, 5.41) is 0. The number of carbonyl (C=O) groups is 1. The second-order valence-electron chi connectivity index (χ2n) is 3.69. The number of hydrogen-bond acceptors (Lipinski definition) is 3. The average molecular weight is 260 g/mol. The van der Waals surface area contributed by atoms with Crippen molar-refractivity contribution in [2.45, 2.75) is 4.90 Å². The Labute approximate surface area is 107 Å². The Balaban J connectivity index is 2.44. The van der Waals surface area contributed by atoms with E-state index < -0.39 is 16.7 Å². The van der Waals surface area contributed by atoms with E-state index in [1.807, 2.05) is 24.3 Å². The van der Waals surface area contributed by atoms with E-state index in [0.717, 1.165) is 11.1 Å². The maximum Gasteiger partial charge on any atom is 0.230 e. The first-order chi connectivity index (χ1) is 8.68. The third-order valence-corrected chi connectivity index (χ3v) is 3.79. The fourth-order valence-electron chi connectivity index (χ4n) is 1.64. The topological polar surface area (TPSA) is 73.1 Å². The number of rotatable bonds is 4. The van der Waals surface area contributed by atoms with Crippen LogP contribution in [0.4, 0.5) is 0 Å². The molecule has 2 rings (SSSR count). The molecule has 0 aliphatic rings. The highest BCUT2D eigenvalue weighted by Gasteiger charge is 2.12. The van der Waals surface area contributed by atoms with Gasteiger partial charge in [0.1, 0.15) is 5.75 Å². The molecule has 1 aromatic carbocycles. The molecular formula is C13H12N2O2S. The summed E-state index contributed by atoms with van der Waals surface area (Å²) in [6.07, 6.45) is 3.34. The van der Waals surface area contributed by atoms with E-state index in [2.05, 4.69) is 4.98 Å². The summed E-state index contributed by atoms with van der Waals surface area (Å²) in [7, 11) is -1.42. The molecule has 0 bridgehead atoms. The Morgan fingerprint density at radius 1 is 1.17 bits per heavy atom. The van der Waals surface area contributed by atoms with Crippen LogP contribution in [0.25, 0.3) is 11.1 Å². The zero-order valence-corrected chi connectivity index (χ0v) is 10.4. The molecular weight excluding hydrogens is 248 g/mol. The highest BCUT2D eigenvalue weighted by Crippen LogP contribution is 2.25. The Hall–Kier alpha value is -2.01. The first kappa shape index (κ1) is 12.4. The van der Waals surface area contributed by atoms with E-state index in [1.54, 1.807) is 24.5 Å². The van der Waals surface area contributed by atoms with Gasteiger partial charge < -0.3 is 5.73 Å². The first-order valence-electron chi connectivity index (χ1n) is 5.34. The third-order valence-electron chi connectivity index (χ3n) is 2.40. The Kier molecular flexibility index (Phi) is 3.84. The van der Waals surface area contributed by atoms with Gasteiger partial charge in [0, 0.05) is 17.3 Å². The molecule has 1 amide bonds. The minimum Gasteiger partial charge on any atom is -0.369 e. The number of aromatic nitrogens is 1. The summed E-state index contributed by atoms with van der Waals surface area (Å²) in [6, 6.07) is 10.9. The van der Waals surface area contributed by atoms with Crippen LogP contribution < -0.4 is 5.73 Å². The number of hydrogen-bond donors (Lipinski definition) is 1. The lowest BCUT2D eigenvalue weighted by Gasteiger charge is -2.08. The molecule has 2 aromatic rings. The van der Waals surface area contributed by atoms with E-state index in [1.165, 1.54) is 0 Å². The summed E-state index contributed by atoms with van der Waals surface area (Å²) >= 11 is 0. The number of primary amides is 1. The molecule has 2 N–H and O–H groups in total. The molecule has 18 heavy (non-hydrogen) atoms. The molecule has 4 nitrogen and oxygen atoms in total. The van der Waals surface area contributed by atoms with Crippen LogP contribution in [-0.4, -0.2) is 20.9 Å². The molecule has 1 unspecified atom stereocenters. The van der Waals surface area contributed by atoms with Crippen LogP contribution in [-0.2, 0) is 15.6 Å². The predicted molar refractivity (Wildman–Crippen MR) is 70.1 cm³/mol. The number of pyridine rings is 1. The van der Waals surface area contributed by atoms with Crippen molar-refractivity contribution in [2.75, 3.05) is 5.75 Å². The van der Waals surface area contributed by atoms with Crippen molar-refractivity contribution in [2.24, 2.45) is 5.73 Å². The van der Waals surface area contributed by atoms with Crippen LogP contribution >= 0.6 is 0 Å². The summed E-state index contributed by atoms with van der Waals surface area (Å²) in [5.41, 5.74) is 6.83. The molecule has 1 atom stereocenters. The largest absolute Gasteiger partial charge is 0.369 e. The smallest absolute Gasteiger partial charge is 0.230 e. The minimum atomic E-state index is -1.42. The van der Waals surface area contributed by atoms with Crippen LogP contribution in [0.1, 0.15) is 0 Å². The lowest BCUT2D eigenvalue weighted by molar-refractivity contribution is -0.115. The summed E-state index contributed by atoms with van der Waals surface area (Å²) < 4.78 is 12.0. The van der Waals surface area contributed by atoms with Crippen molar-refractivity contribution < 1.29 is 9.00 Å². The maximum absolute atomic E-state index is 12.0. The van der Waals surface area contributed by atoms with Crippen molar-refractivity contribution in [1.29, 1.82) is 0 Å². The second kappa shape index (κ2) is 5.55. The fraction of sp³-hybridized carbons (Fsp3) is 0.0769. The van der Waals surface area contributed by atoms with Crippen molar-refractivity contribution >= 4 is 16.7 Å². The molecule has 0 radical (unpaired) electrons. The Morgan fingerprint density at radius 3 is 2.50 bits per heavy atom. The maximum atomic E-state index is 12.0. The van der Waals surface area contributed by atoms with E-state index in [9.17, 15) is 9.00 Å².